The van der Waals surface area contributed by atoms with E-state index in [0.717, 1.165) is 6.42 Å². The number of nitrogens with one attached hydrogen (secondary N) is 1. The van der Waals surface area contributed by atoms with Crippen molar-refractivity contribution in [2.45, 2.75) is 39.3 Å². The molecule has 0 saturated carbocycles. The summed E-state index contributed by atoms with van der Waals surface area (Å²) in [5.41, 5.74) is 5.64. The fraction of sp³-hybridized carbons (Fsp3) is 0.900. The lowest BCUT2D eigenvalue weighted by Gasteiger charge is -2.20. The molecule has 0 aromatic carbocycles. The predicted molar refractivity (Wildman–Crippen MR) is 56.9 cm³/mol. The zero-order valence-electron chi connectivity index (χ0n) is 9.54. The summed E-state index contributed by atoms with van der Waals surface area (Å²) in [6.45, 7) is 6.23. The van der Waals surface area contributed by atoms with Gasteiger partial charge >= 0.3 is 0 Å². The predicted octanol–water partition coefficient (Wildman–Crippen LogP) is 0.511. The zero-order valence-corrected chi connectivity index (χ0v) is 9.54. The van der Waals surface area contributed by atoms with E-state index in [2.05, 4.69) is 5.32 Å². The third kappa shape index (κ3) is 4.58. The van der Waals surface area contributed by atoms with Crippen molar-refractivity contribution >= 4 is 5.91 Å². The van der Waals surface area contributed by atoms with Crippen molar-refractivity contribution < 1.29 is 9.53 Å². The normalized spacial score (nSPS) is 17.2. The van der Waals surface area contributed by atoms with Crippen LogP contribution in [-0.4, -0.2) is 31.7 Å². The molecule has 3 atom stereocenters. The molecule has 84 valence electrons. The van der Waals surface area contributed by atoms with E-state index in [0.29, 0.717) is 6.61 Å². The molecule has 0 aromatic rings. The average molecular weight is 202 g/mol. The first-order valence-electron chi connectivity index (χ1n) is 5.07. The highest BCUT2D eigenvalue weighted by Gasteiger charge is 2.19. The number of carbonyl (C=O) groups excluding carboxylic acids is 1. The van der Waals surface area contributed by atoms with Gasteiger partial charge in [-0.2, -0.15) is 0 Å². The Labute approximate surface area is 86.2 Å². The van der Waals surface area contributed by atoms with Crippen LogP contribution in [0.25, 0.3) is 0 Å². The smallest absolute Gasteiger partial charge is 0.224 e. The molecule has 0 fully saturated rings. The maximum atomic E-state index is 11.6. The van der Waals surface area contributed by atoms with E-state index >= 15 is 0 Å². The zero-order chi connectivity index (χ0) is 11.1. The Balaban J connectivity index is 4.01. The van der Waals surface area contributed by atoms with E-state index in [4.69, 9.17) is 10.5 Å². The molecule has 3 unspecified atom stereocenters. The fourth-order valence-electron chi connectivity index (χ4n) is 1.03. The minimum Gasteiger partial charge on any atom is -0.383 e. The molecule has 4 heteroatoms. The molecule has 4 nitrogen and oxygen atoms in total. The molecule has 14 heavy (non-hydrogen) atoms. The van der Waals surface area contributed by atoms with Gasteiger partial charge in [-0.25, -0.2) is 0 Å². The third-order valence-corrected chi connectivity index (χ3v) is 2.41. The van der Waals surface area contributed by atoms with Gasteiger partial charge in [0.25, 0.3) is 0 Å². The van der Waals surface area contributed by atoms with Crippen LogP contribution in [0.15, 0.2) is 0 Å². The molecule has 3 N–H and O–H groups in total. The SMILES string of the molecule is CCC(COC)NC(=O)C(C)C(C)N. The highest BCUT2D eigenvalue weighted by atomic mass is 16.5. The third-order valence-electron chi connectivity index (χ3n) is 2.41. The van der Waals surface area contributed by atoms with E-state index in [1.54, 1.807) is 7.11 Å². The molecular formula is C10H22N2O2. The Morgan fingerprint density at radius 1 is 1.50 bits per heavy atom. The first-order chi connectivity index (χ1) is 6.52. The fourth-order valence-corrected chi connectivity index (χ4v) is 1.03. The van der Waals surface area contributed by atoms with Crippen LogP contribution in [0.5, 0.6) is 0 Å². The summed E-state index contributed by atoms with van der Waals surface area (Å²) >= 11 is 0. The van der Waals surface area contributed by atoms with Crippen LogP contribution in [0.3, 0.4) is 0 Å². The van der Waals surface area contributed by atoms with Gasteiger partial charge in [0.05, 0.1) is 12.6 Å². The second-order valence-electron chi connectivity index (χ2n) is 3.72. The maximum Gasteiger partial charge on any atom is 0.224 e. The number of hydrogen-bond donors (Lipinski definition) is 2. The van der Waals surface area contributed by atoms with Crippen molar-refractivity contribution in [2.24, 2.45) is 11.7 Å². The Kier molecular flexibility index (Phi) is 6.49. The highest BCUT2D eigenvalue weighted by Crippen LogP contribution is 2.01. The van der Waals surface area contributed by atoms with Gasteiger partial charge in [0.15, 0.2) is 0 Å². The van der Waals surface area contributed by atoms with Gasteiger partial charge in [-0.3, -0.25) is 4.79 Å². The second-order valence-corrected chi connectivity index (χ2v) is 3.72. The minimum absolute atomic E-state index is 0.00361. The maximum absolute atomic E-state index is 11.6. The van der Waals surface area contributed by atoms with Gasteiger partial charge in [0.1, 0.15) is 0 Å². The van der Waals surface area contributed by atoms with Gasteiger partial charge in [-0.05, 0) is 13.3 Å². The van der Waals surface area contributed by atoms with Gasteiger partial charge in [0, 0.05) is 19.1 Å². The summed E-state index contributed by atoms with van der Waals surface area (Å²) in [7, 11) is 1.63. The van der Waals surface area contributed by atoms with Crippen molar-refractivity contribution in [1.82, 2.24) is 5.32 Å². The number of nitrogens with two attached hydrogens (primary N) is 1. The second kappa shape index (κ2) is 6.79. The molecule has 1 amide bonds. The largest absolute Gasteiger partial charge is 0.383 e. The van der Waals surface area contributed by atoms with Crippen LogP contribution in [0.2, 0.25) is 0 Å². The molecule has 0 radical (unpaired) electrons. The van der Waals surface area contributed by atoms with Crippen molar-refractivity contribution in [3.8, 4) is 0 Å². The Morgan fingerprint density at radius 2 is 2.07 bits per heavy atom. The van der Waals surface area contributed by atoms with Crippen LogP contribution in [-0.2, 0) is 9.53 Å². The van der Waals surface area contributed by atoms with E-state index < -0.39 is 0 Å². The van der Waals surface area contributed by atoms with Crippen LogP contribution < -0.4 is 11.1 Å². The van der Waals surface area contributed by atoms with Crippen LogP contribution >= 0.6 is 0 Å². The average Bonchev–Trinajstić information content (AvgIpc) is 2.15. The number of carbonyl (C=O) groups is 1. The molecule has 0 aliphatic heterocycles. The van der Waals surface area contributed by atoms with E-state index in [9.17, 15) is 4.79 Å². The molecule has 0 aromatic heterocycles. The minimum atomic E-state index is -0.152. The van der Waals surface area contributed by atoms with Gasteiger partial charge in [-0.1, -0.05) is 13.8 Å². The molecule has 0 bridgehead atoms. The lowest BCUT2D eigenvalue weighted by molar-refractivity contribution is -0.126. The number of amides is 1. The molecule has 0 saturated heterocycles. The molecule has 0 rings (SSSR count). The first-order valence-corrected chi connectivity index (χ1v) is 5.07. The van der Waals surface area contributed by atoms with Crippen molar-refractivity contribution in [3.63, 3.8) is 0 Å². The summed E-state index contributed by atoms with van der Waals surface area (Å²) < 4.78 is 4.99. The lowest BCUT2D eigenvalue weighted by Crippen LogP contribution is -2.44. The van der Waals surface area contributed by atoms with Crippen molar-refractivity contribution in [3.05, 3.63) is 0 Å². The summed E-state index contributed by atoms with van der Waals surface area (Å²) in [6.07, 6.45) is 0.866. The monoisotopic (exact) mass is 202 g/mol. The van der Waals surface area contributed by atoms with E-state index in [1.807, 2.05) is 20.8 Å². The topological polar surface area (TPSA) is 64.3 Å². The molecular weight excluding hydrogens is 180 g/mol. The Hall–Kier alpha value is -0.610. The number of rotatable bonds is 6. The summed E-state index contributed by atoms with van der Waals surface area (Å²) in [5.74, 6) is -0.148. The summed E-state index contributed by atoms with van der Waals surface area (Å²) in [4.78, 5) is 11.6. The van der Waals surface area contributed by atoms with E-state index in [-0.39, 0.29) is 23.9 Å². The van der Waals surface area contributed by atoms with Crippen molar-refractivity contribution in [1.29, 1.82) is 0 Å². The standard InChI is InChI=1S/C10H22N2O2/c1-5-9(6-14-4)12-10(13)7(2)8(3)11/h7-9H,5-6,11H2,1-4H3,(H,12,13). The highest BCUT2D eigenvalue weighted by molar-refractivity contribution is 5.79. The van der Waals surface area contributed by atoms with Gasteiger partial charge in [0.2, 0.25) is 5.91 Å². The Bertz CT molecular complexity index is 172. The summed E-state index contributed by atoms with van der Waals surface area (Å²) in [5, 5.41) is 2.90. The number of ether oxygens (including phenoxy) is 1. The van der Waals surface area contributed by atoms with Crippen LogP contribution in [0.1, 0.15) is 27.2 Å². The molecule has 0 aliphatic carbocycles. The quantitative estimate of drug-likeness (QED) is 0.659. The first kappa shape index (κ1) is 13.4. The van der Waals surface area contributed by atoms with Crippen LogP contribution in [0.4, 0.5) is 0 Å². The van der Waals surface area contributed by atoms with Crippen LogP contribution in [0, 0.1) is 5.92 Å². The molecule has 0 heterocycles. The number of methoxy groups -OCH3 is 1. The Morgan fingerprint density at radius 3 is 2.43 bits per heavy atom. The molecule has 0 aliphatic rings. The lowest BCUT2D eigenvalue weighted by atomic mass is 10.0. The number of hydrogen-bond acceptors (Lipinski definition) is 3. The molecule has 0 spiro atoms. The van der Waals surface area contributed by atoms with Gasteiger partial charge in [-0.15, -0.1) is 0 Å². The van der Waals surface area contributed by atoms with Gasteiger partial charge < -0.3 is 15.8 Å². The summed E-state index contributed by atoms with van der Waals surface area (Å²) in [6, 6.07) is -0.0243. The van der Waals surface area contributed by atoms with Crippen molar-refractivity contribution in [2.75, 3.05) is 13.7 Å². The van der Waals surface area contributed by atoms with E-state index in [1.165, 1.54) is 0 Å².